The molecule has 2 N–H and O–H groups in total. The number of halogens is 1. The van der Waals surface area contributed by atoms with Crippen molar-refractivity contribution in [2.45, 2.75) is 0 Å². The maximum atomic E-state index is 10.5. The third kappa shape index (κ3) is 6.92. The standard InChI is InChI=1S/C5H8ClNO4/c6-1-2-11-5(10)7-3-4(8)9/h1-3H2,(H,7,10)(H,8,9). The normalized spacial score (nSPS) is 8.82. The quantitative estimate of drug-likeness (QED) is 0.601. The number of ether oxygens (including phenoxy) is 1. The molecule has 0 unspecified atom stereocenters. The van der Waals surface area contributed by atoms with E-state index in [2.05, 4.69) is 4.74 Å². The molecule has 64 valence electrons. The molecule has 0 aliphatic heterocycles. The lowest BCUT2D eigenvalue weighted by atomic mass is 10.7. The molecular weight excluding hydrogens is 174 g/mol. The number of aliphatic carboxylic acids is 1. The molecule has 0 fully saturated rings. The van der Waals surface area contributed by atoms with Gasteiger partial charge in [0.25, 0.3) is 0 Å². The van der Waals surface area contributed by atoms with Gasteiger partial charge in [0, 0.05) is 0 Å². The summed E-state index contributed by atoms with van der Waals surface area (Å²) in [5, 5.41) is 10.1. The maximum absolute atomic E-state index is 10.5. The maximum Gasteiger partial charge on any atom is 0.407 e. The molecule has 1 amide bonds. The minimum atomic E-state index is -1.12. The lowest BCUT2D eigenvalue weighted by Gasteiger charge is -2.01. The molecule has 5 nitrogen and oxygen atoms in total. The second-order valence-corrected chi connectivity index (χ2v) is 1.95. The molecule has 0 atom stereocenters. The summed E-state index contributed by atoms with van der Waals surface area (Å²) in [6.45, 7) is -0.367. The van der Waals surface area contributed by atoms with E-state index in [1.807, 2.05) is 5.32 Å². The van der Waals surface area contributed by atoms with Crippen LogP contribution in [0, 0.1) is 0 Å². The molecule has 0 aliphatic rings. The number of hydrogen-bond donors (Lipinski definition) is 2. The van der Waals surface area contributed by atoms with E-state index in [0.717, 1.165) is 0 Å². The van der Waals surface area contributed by atoms with Crippen molar-refractivity contribution in [3.05, 3.63) is 0 Å². The summed E-state index contributed by atoms with van der Waals surface area (Å²) in [6.07, 6.45) is -0.770. The van der Waals surface area contributed by atoms with Crippen LogP contribution in [0.3, 0.4) is 0 Å². The van der Waals surface area contributed by atoms with Crippen molar-refractivity contribution in [2.75, 3.05) is 19.0 Å². The number of alkyl carbamates (subject to hydrolysis) is 1. The molecule has 11 heavy (non-hydrogen) atoms. The summed E-state index contributed by atoms with van der Waals surface area (Å²) in [4.78, 5) is 20.3. The summed E-state index contributed by atoms with van der Waals surface area (Å²) in [6, 6.07) is 0. The van der Waals surface area contributed by atoms with Crippen LogP contribution in [0.5, 0.6) is 0 Å². The van der Waals surface area contributed by atoms with Gasteiger partial charge in [0.2, 0.25) is 0 Å². The van der Waals surface area contributed by atoms with Crippen molar-refractivity contribution in [3.8, 4) is 0 Å². The number of carboxylic acids is 1. The molecular formula is C5H8ClNO4. The van der Waals surface area contributed by atoms with Crippen LogP contribution >= 0.6 is 11.6 Å². The van der Waals surface area contributed by atoms with Gasteiger partial charge in [-0.1, -0.05) is 0 Å². The molecule has 0 spiro atoms. The molecule has 0 saturated carbocycles. The molecule has 0 aromatic rings. The van der Waals surface area contributed by atoms with E-state index >= 15 is 0 Å². The highest BCUT2D eigenvalue weighted by Gasteiger charge is 2.02. The van der Waals surface area contributed by atoms with E-state index in [0.29, 0.717) is 0 Å². The summed E-state index contributed by atoms with van der Waals surface area (Å²) < 4.78 is 4.40. The first kappa shape index (κ1) is 10.0. The molecule has 0 aromatic heterocycles. The molecule has 0 heterocycles. The highest BCUT2D eigenvalue weighted by atomic mass is 35.5. The van der Waals surface area contributed by atoms with Crippen LogP contribution in [0.2, 0.25) is 0 Å². The van der Waals surface area contributed by atoms with Crippen LogP contribution in [0.1, 0.15) is 0 Å². The minimum Gasteiger partial charge on any atom is -0.480 e. The zero-order valence-corrected chi connectivity index (χ0v) is 6.43. The highest BCUT2D eigenvalue weighted by molar-refractivity contribution is 6.18. The SMILES string of the molecule is O=C(O)CNC(=O)OCCCl. The Morgan fingerprint density at radius 1 is 1.55 bits per heavy atom. The van der Waals surface area contributed by atoms with Crippen LogP contribution in [0.25, 0.3) is 0 Å². The molecule has 0 rings (SSSR count). The molecule has 0 bridgehead atoms. The Bertz CT molecular complexity index is 149. The van der Waals surface area contributed by atoms with Crippen LogP contribution < -0.4 is 5.32 Å². The smallest absolute Gasteiger partial charge is 0.407 e. The topological polar surface area (TPSA) is 75.6 Å². The van der Waals surface area contributed by atoms with Crippen LogP contribution in [-0.4, -0.2) is 36.2 Å². The summed E-state index contributed by atoms with van der Waals surface area (Å²) in [5.41, 5.74) is 0. The Morgan fingerprint density at radius 3 is 2.64 bits per heavy atom. The summed E-state index contributed by atoms with van der Waals surface area (Å²) in [5.74, 6) is -0.923. The van der Waals surface area contributed by atoms with Crippen molar-refractivity contribution in [2.24, 2.45) is 0 Å². The average molecular weight is 182 g/mol. The van der Waals surface area contributed by atoms with Gasteiger partial charge in [-0.3, -0.25) is 4.79 Å². The fourth-order valence-corrected chi connectivity index (χ4v) is 0.407. The van der Waals surface area contributed by atoms with Crippen LogP contribution in [0.4, 0.5) is 4.79 Å². The van der Waals surface area contributed by atoms with E-state index < -0.39 is 18.6 Å². The third-order valence-electron chi connectivity index (χ3n) is 0.694. The van der Waals surface area contributed by atoms with Crippen molar-refractivity contribution < 1.29 is 19.4 Å². The molecule has 0 radical (unpaired) electrons. The van der Waals surface area contributed by atoms with Gasteiger partial charge in [0.1, 0.15) is 13.2 Å². The number of rotatable bonds is 4. The van der Waals surface area contributed by atoms with E-state index in [9.17, 15) is 9.59 Å². The number of carbonyl (C=O) groups excluding carboxylic acids is 1. The predicted molar refractivity (Wildman–Crippen MR) is 37.7 cm³/mol. The first-order valence-corrected chi connectivity index (χ1v) is 3.38. The zero-order chi connectivity index (χ0) is 8.69. The Hall–Kier alpha value is -0.970. The molecule has 0 saturated heterocycles. The summed E-state index contributed by atoms with van der Waals surface area (Å²) >= 11 is 5.19. The molecule has 0 aromatic carbocycles. The van der Waals surface area contributed by atoms with E-state index in [-0.39, 0.29) is 12.5 Å². The number of amides is 1. The van der Waals surface area contributed by atoms with Gasteiger partial charge in [0.15, 0.2) is 0 Å². The van der Waals surface area contributed by atoms with Gasteiger partial charge in [0.05, 0.1) is 5.88 Å². The van der Waals surface area contributed by atoms with Crippen LogP contribution in [-0.2, 0) is 9.53 Å². The lowest BCUT2D eigenvalue weighted by Crippen LogP contribution is -2.30. The van der Waals surface area contributed by atoms with Crippen molar-refractivity contribution >= 4 is 23.7 Å². The third-order valence-corrected chi connectivity index (χ3v) is 0.849. The number of carbonyl (C=O) groups is 2. The first-order chi connectivity index (χ1) is 5.16. The monoisotopic (exact) mass is 181 g/mol. The lowest BCUT2D eigenvalue weighted by molar-refractivity contribution is -0.135. The van der Waals surface area contributed by atoms with Gasteiger partial charge in [-0.15, -0.1) is 11.6 Å². The van der Waals surface area contributed by atoms with Gasteiger partial charge < -0.3 is 15.2 Å². The number of hydrogen-bond acceptors (Lipinski definition) is 3. The average Bonchev–Trinajstić information content (AvgIpc) is 1.97. The van der Waals surface area contributed by atoms with Gasteiger partial charge in [-0.25, -0.2) is 4.79 Å². The Kier molecular flexibility index (Phi) is 5.28. The Balaban J connectivity index is 3.30. The number of alkyl halides is 1. The van der Waals surface area contributed by atoms with Gasteiger partial charge in [-0.05, 0) is 0 Å². The first-order valence-electron chi connectivity index (χ1n) is 2.85. The predicted octanol–water partition coefficient (Wildman–Crippen LogP) is 0.0360. The second-order valence-electron chi connectivity index (χ2n) is 1.57. The van der Waals surface area contributed by atoms with Crippen LogP contribution in [0.15, 0.2) is 0 Å². The number of carboxylic acid groups (broad SMARTS) is 1. The Morgan fingerprint density at radius 2 is 2.18 bits per heavy atom. The van der Waals surface area contributed by atoms with E-state index in [4.69, 9.17) is 16.7 Å². The fraction of sp³-hybridized carbons (Fsp3) is 0.600. The number of nitrogens with one attached hydrogen (secondary N) is 1. The highest BCUT2D eigenvalue weighted by Crippen LogP contribution is 1.79. The van der Waals surface area contributed by atoms with E-state index in [1.165, 1.54) is 0 Å². The van der Waals surface area contributed by atoms with Crippen molar-refractivity contribution in [3.63, 3.8) is 0 Å². The second kappa shape index (κ2) is 5.79. The van der Waals surface area contributed by atoms with Crippen molar-refractivity contribution in [1.82, 2.24) is 5.32 Å². The Labute approximate surface area is 68.3 Å². The minimum absolute atomic E-state index is 0.0764. The summed E-state index contributed by atoms with van der Waals surface area (Å²) in [7, 11) is 0. The van der Waals surface area contributed by atoms with Gasteiger partial charge in [-0.2, -0.15) is 0 Å². The largest absolute Gasteiger partial charge is 0.480 e. The van der Waals surface area contributed by atoms with Crippen molar-refractivity contribution in [1.29, 1.82) is 0 Å². The molecule has 6 heteroatoms. The zero-order valence-electron chi connectivity index (χ0n) is 5.67. The fourth-order valence-electron chi connectivity index (χ4n) is 0.330. The molecule has 0 aliphatic carbocycles. The van der Waals surface area contributed by atoms with E-state index in [1.54, 1.807) is 0 Å². The van der Waals surface area contributed by atoms with Gasteiger partial charge >= 0.3 is 12.1 Å².